The van der Waals surface area contributed by atoms with Crippen molar-refractivity contribution in [2.45, 2.75) is 46.1 Å². The molecule has 22 heavy (non-hydrogen) atoms. The van der Waals surface area contributed by atoms with E-state index in [4.69, 9.17) is 9.99 Å². The molecule has 5 nitrogen and oxygen atoms in total. The lowest BCUT2D eigenvalue weighted by molar-refractivity contribution is -0.203. The van der Waals surface area contributed by atoms with Crippen LogP contribution in [0.15, 0.2) is 30.5 Å². The van der Waals surface area contributed by atoms with Crippen LogP contribution in [0.4, 0.5) is 0 Å². The Hall–Kier alpha value is -2.01. The molecule has 1 unspecified atom stereocenters. The molecule has 0 radical (unpaired) electrons. The van der Waals surface area contributed by atoms with Gasteiger partial charge in [-0.15, -0.1) is 0 Å². The van der Waals surface area contributed by atoms with E-state index in [1.54, 1.807) is 0 Å². The van der Waals surface area contributed by atoms with Crippen LogP contribution in [0, 0.1) is 13.8 Å². The summed E-state index contributed by atoms with van der Waals surface area (Å²) in [4.78, 5) is 16.2. The van der Waals surface area contributed by atoms with Crippen LogP contribution >= 0.6 is 0 Å². The van der Waals surface area contributed by atoms with E-state index < -0.39 is 6.10 Å². The summed E-state index contributed by atoms with van der Waals surface area (Å²) in [6, 6.07) is 5.86. The van der Waals surface area contributed by atoms with Crippen LogP contribution in [0.3, 0.4) is 0 Å². The second-order valence-electron chi connectivity index (χ2n) is 5.37. The summed E-state index contributed by atoms with van der Waals surface area (Å²) in [5.74, 6) is 0.542. The van der Waals surface area contributed by atoms with Gasteiger partial charge in [0, 0.05) is 0 Å². The molecule has 0 fully saturated rings. The summed E-state index contributed by atoms with van der Waals surface area (Å²) in [5.41, 5.74) is 2.15. The fourth-order valence-corrected chi connectivity index (χ4v) is 2.05. The third-order valence-electron chi connectivity index (χ3n) is 3.30. The third kappa shape index (κ3) is 5.77. The number of hydrogen-bond donors (Lipinski definition) is 2. The molecule has 122 valence electrons. The Morgan fingerprint density at radius 2 is 2.14 bits per heavy atom. The highest BCUT2D eigenvalue weighted by atomic mass is 17.1. The molecule has 0 saturated carbocycles. The minimum absolute atomic E-state index is 0.0498. The van der Waals surface area contributed by atoms with E-state index >= 15 is 0 Å². The molecule has 5 heteroatoms. The Bertz CT molecular complexity index is 513. The fourth-order valence-electron chi connectivity index (χ4n) is 2.05. The molecule has 0 aliphatic heterocycles. The number of carbonyl (C=O) groups is 1. The minimum Gasteiger partial charge on any atom is -0.480 e. The summed E-state index contributed by atoms with van der Waals surface area (Å²) < 4.78 is 5.89. The summed E-state index contributed by atoms with van der Waals surface area (Å²) in [6.45, 7) is 9.53. The molecule has 1 atom stereocenters. The highest BCUT2D eigenvalue weighted by Crippen LogP contribution is 2.21. The number of benzene rings is 1. The lowest BCUT2D eigenvalue weighted by atomic mass is 10.1. The van der Waals surface area contributed by atoms with Crippen molar-refractivity contribution in [1.82, 2.24) is 5.32 Å². The van der Waals surface area contributed by atoms with Crippen LogP contribution < -0.4 is 10.1 Å². The first-order valence-corrected chi connectivity index (χ1v) is 7.48. The van der Waals surface area contributed by atoms with Crippen molar-refractivity contribution in [3.8, 4) is 5.75 Å². The average molecular weight is 307 g/mol. The highest BCUT2D eigenvalue weighted by molar-refractivity contribution is 5.81. The number of amides is 1. The van der Waals surface area contributed by atoms with Crippen LogP contribution in [-0.2, 0) is 9.68 Å². The smallest absolute Gasteiger partial charge is 0.261 e. The van der Waals surface area contributed by atoms with Crippen LogP contribution in [-0.4, -0.2) is 23.8 Å². The molecular formula is C17H25NO4. The molecule has 0 saturated heterocycles. The number of hydrogen-bond acceptors (Lipinski definition) is 4. The Balaban J connectivity index is 2.74. The van der Waals surface area contributed by atoms with Gasteiger partial charge in [0.25, 0.3) is 5.91 Å². The van der Waals surface area contributed by atoms with Gasteiger partial charge in [0.1, 0.15) is 5.75 Å². The minimum atomic E-state index is -0.576. The molecule has 1 amide bonds. The van der Waals surface area contributed by atoms with Crippen molar-refractivity contribution in [3.63, 3.8) is 0 Å². The SMILES string of the molecule is C=C(CNC(=O)C(CCCC)Oc1ccc(C)cc1C)OO. The topological polar surface area (TPSA) is 67.8 Å². The predicted octanol–water partition coefficient (Wildman–Crippen LogP) is 3.36. The number of unbranched alkanes of at least 4 members (excludes halogenated alkanes) is 1. The fraction of sp³-hybridized carbons (Fsp3) is 0.471. The maximum Gasteiger partial charge on any atom is 0.261 e. The first kappa shape index (κ1) is 18.0. The van der Waals surface area contributed by atoms with E-state index in [9.17, 15) is 4.79 Å². The molecule has 2 N–H and O–H groups in total. The van der Waals surface area contributed by atoms with Crippen molar-refractivity contribution in [2.24, 2.45) is 0 Å². The number of ether oxygens (including phenoxy) is 1. The second-order valence-corrected chi connectivity index (χ2v) is 5.37. The van der Waals surface area contributed by atoms with Crippen molar-refractivity contribution in [2.75, 3.05) is 6.54 Å². The van der Waals surface area contributed by atoms with E-state index in [1.165, 1.54) is 0 Å². The molecule has 0 aromatic heterocycles. The first-order valence-electron chi connectivity index (χ1n) is 7.48. The number of carbonyl (C=O) groups excluding carboxylic acids is 1. The number of aryl methyl sites for hydroxylation is 2. The van der Waals surface area contributed by atoms with Crippen LogP contribution in [0.25, 0.3) is 0 Å². The lowest BCUT2D eigenvalue weighted by Crippen LogP contribution is -2.39. The Morgan fingerprint density at radius 1 is 1.41 bits per heavy atom. The lowest BCUT2D eigenvalue weighted by Gasteiger charge is -2.20. The molecule has 1 aromatic rings. The summed E-state index contributed by atoms with van der Waals surface area (Å²) in [5, 5.41) is 11.1. The van der Waals surface area contributed by atoms with Crippen molar-refractivity contribution in [3.05, 3.63) is 41.7 Å². The van der Waals surface area contributed by atoms with Gasteiger partial charge in [0.05, 0.1) is 6.54 Å². The van der Waals surface area contributed by atoms with E-state index in [-0.39, 0.29) is 18.2 Å². The van der Waals surface area contributed by atoms with Gasteiger partial charge in [-0.2, -0.15) is 0 Å². The van der Waals surface area contributed by atoms with Gasteiger partial charge in [-0.1, -0.05) is 37.6 Å². The molecule has 1 aromatic carbocycles. The second kappa shape index (κ2) is 9.10. The van der Waals surface area contributed by atoms with E-state index in [2.05, 4.69) is 23.7 Å². The van der Waals surface area contributed by atoms with E-state index in [0.717, 1.165) is 24.0 Å². The van der Waals surface area contributed by atoms with Crippen molar-refractivity contribution >= 4 is 5.91 Å². The molecule has 0 aliphatic carbocycles. The average Bonchev–Trinajstić information content (AvgIpc) is 2.50. The standard InChI is InChI=1S/C17H25NO4/c1-5-6-7-16(17(19)18-11-14(4)22-20)21-15-9-8-12(2)10-13(15)3/h8-10,16,20H,4-7,11H2,1-3H3,(H,18,19). The summed E-state index contributed by atoms with van der Waals surface area (Å²) in [7, 11) is 0. The van der Waals surface area contributed by atoms with Gasteiger partial charge < -0.3 is 14.9 Å². The Kier molecular flexibility index (Phi) is 7.46. The van der Waals surface area contributed by atoms with Crippen molar-refractivity contribution in [1.29, 1.82) is 0 Å². The zero-order valence-electron chi connectivity index (χ0n) is 13.5. The van der Waals surface area contributed by atoms with Gasteiger partial charge in [0.15, 0.2) is 11.9 Å². The van der Waals surface area contributed by atoms with Crippen LogP contribution in [0.2, 0.25) is 0 Å². The van der Waals surface area contributed by atoms with Crippen LogP contribution in [0.5, 0.6) is 5.75 Å². The third-order valence-corrected chi connectivity index (χ3v) is 3.30. The van der Waals surface area contributed by atoms with Gasteiger partial charge >= 0.3 is 0 Å². The largest absolute Gasteiger partial charge is 0.480 e. The summed E-state index contributed by atoms with van der Waals surface area (Å²) in [6.07, 6.45) is 1.92. The Morgan fingerprint density at radius 3 is 2.73 bits per heavy atom. The quantitative estimate of drug-likeness (QED) is 0.417. The zero-order chi connectivity index (χ0) is 16.5. The first-order chi connectivity index (χ1) is 10.5. The van der Waals surface area contributed by atoms with Gasteiger partial charge in [-0.25, -0.2) is 5.26 Å². The molecule has 0 bridgehead atoms. The highest BCUT2D eigenvalue weighted by Gasteiger charge is 2.20. The molecule has 0 spiro atoms. The monoisotopic (exact) mass is 307 g/mol. The number of nitrogens with one attached hydrogen (secondary N) is 1. The van der Waals surface area contributed by atoms with Crippen molar-refractivity contribution < 1.29 is 19.7 Å². The maximum atomic E-state index is 12.2. The normalized spacial score (nSPS) is 11.6. The molecule has 0 aliphatic rings. The van der Waals surface area contributed by atoms with Gasteiger partial charge in [0.2, 0.25) is 0 Å². The van der Waals surface area contributed by atoms with Gasteiger partial charge in [-0.05, 0) is 38.3 Å². The molecule has 1 rings (SSSR count). The van der Waals surface area contributed by atoms with E-state index in [0.29, 0.717) is 12.2 Å². The summed E-state index contributed by atoms with van der Waals surface area (Å²) >= 11 is 0. The van der Waals surface area contributed by atoms with Gasteiger partial charge in [-0.3, -0.25) is 4.79 Å². The van der Waals surface area contributed by atoms with Crippen LogP contribution in [0.1, 0.15) is 37.3 Å². The molecular weight excluding hydrogens is 282 g/mol. The molecule has 0 heterocycles. The predicted molar refractivity (Wildman–Crippen MR) is 85.7 cm³/mol. The van der Waals surface area contributed by atoms with E-state index in [1.807, 2.05) is 32.0 Å². The zero-order valence-corrected chi connectivity index (χ0v) is 13.5. The number of rotatable bonds is 9. The maximum absolute atomic E-state index is 12.2. The Labute approximate surface area is 131 Å².